The second-order valence-electron chi connectivity index (χ2n) is 9.12. The zero-order valence-electron chi connectivity index (χ0n) is 20.7. The van der Waals surface area contributed by atoms with Gasteiger partial charge in [-0.05, 0) is 66.9 Å². The number of amides is 1. The molecule has 0 N–H and O–H groups in total. The van der Waals surface area contributed by atoms with Crippen molar-refractivity contribution in [2.75, 3.05) is 6.61 Å². The number of thiocarbonyl (C=S) groups is 1. The minimum absolute atomic E-state index is 0.140. The monoisotopic (exact) mass is 529 g/mol. The van der Waals surface area contributed by atoms with Gasteiger partial charge in [-0.15, -0.1) is 0 Å². The molecule has 0 bridgehead atoms. The van der Waals surface area contributed by atoms with Gasteiger partial charge in [-0.3, -0.25) is 9.69 Å². The number of aromatic nitrogens is 2. The molecule has 0 unspecified atom stereocenters. The van der Waals surface area contributed by atoms with Crippen molar-refractivity contribution in [2.45, 2.75) is 26.8 Å². The molecule has 8 heteroatoms. The third kappa shape index (κ3) is 5.87. The van der Waals surface area contributed by atoms with Crippen LogP contribution in [0.25, 0.3) is 23.0 Å². The Bertz CT molecular complexity index is 1410. The summed E-state index contributed by atoms with van der Waals surface area (Å²) in [6.07, 6.45) is 6.41. The third-order valence-electron chi connectivity index (χ3n) is 5.91. The summed E-state index contributed by atoms with van der Waals surface area (Å²) in [5, 5.41) is 4.88. The topological polar surface area (TPSA) is 60.5 Å². The van der Waals surface area contributed by atoms with Crippen LogP contribution >= 0.6 is 24.0 Å². The van der Waals surface area contributed by atoms with Crippen LogP contribution in [0.5, 0.6) is 5.75 Å². The highest BCUT2D eigenvalue weighted by molar-refractivity contribution is 8.26. The maximum absolute atomic E-state index is 13.2. The second-order valence-corrected chi connectivity index (χ2v) is 10.8. The molecule has 1 saturated heterocycles. The predicted molar refractivity (Wildman–Crippen MR) is 151 cm³/mol. The lowest BCUT2D eigenvalue weighted by atomic mass is 10.1. The number of hydrogen-bond donors (Lipinski definition) is 0. The SMILES string of the molecule is CC(C)CCOc1ccc(-c2nn(-c3ccccc3)cc2C=C2SC(=S)N(Cc3ccco3)C2=O)cc1. The van der Waals surface area contributed by atoms with Gasteiger partial charge in [0.2, 0.25) is 0 Å². The van der Waals surface area contributed by atoms with Gasteiger partial charge < -0.3 is 9.15 Å². The van der Waals surface area contributed by atoms with E-state index in [1.165, 1.54) is 11.8 Å². The van der Waals surface area contributed by atoms with E-state index in [0.717, 1.165) is 34.7 Å². The number of hydrogen-bond acceptors (Lipinski definition) is 6. The molecule has 0 radical (unpaired) electrons. The summed E-state index contributed by atoms with van der Waals surface area (Å²) in [5.41, 5.74) is 3.47. The molecule has 0 atom stereocenters. The van der Waals surface area contributed by atoms with Gasteiger partial charge in [0.1, 0.15) is 15.8 Å². The maximum atomic E-state index is 13.2. The summed E-state index contributed by atoms with van der Waals surface area (Å²) in [6.45, 7) is 5.36. The zero-order chi connectivity index (χ0) is 25.8. The van der Waals surface area contributed by atoms with E-state index in [0.29, 0.717) is 34.1 Å². The molecular weight excluding hydrogens is 502 g/mol. The minimum atomic E-state index is -0.140. The number of ether oxygens (including phenoxy) is 1. The fraction of sp³-hybridized carbons (Fsp3) is 0.207. The highest BCUT2D eigenvalue weighted by Crippen LogP contribution is 2.36. The van der Waals surface area contributed by atoms with Crippen molar-refractivity contribution < 1.29 is 13.9 Å². The van der Waals surface area contributed by atoms with E-state index in [4.69, 9.17) is 26.5 Å². The summed E-state index contributed by atoms with van der Waals surface area (Å²) in [5.74, 6) is 1.97. The van der Waals surface area contributed by atoms with Crippen molar-refractivity contribution in [2.24, 2.45) is 5.92 Å². The van der Waals surface area contributed by atoms with Crippen LogP contribution in [0.4, 0.5) is 0 Å². The van der Waals surface area contributed by atoms with Crippen LogP contribution in [-0.4, -0.2) is 31.5 Å². The van der Waals surface area contributed by atoms with Crippen molar-refractivity contribution in [3.05, 3.63) is 95.4 Å². The first-order chi connectivity index (χ1) is 18.0. The van der Waals surface area contributed by atoms with Crippen molar-refractivity contribution in [3.8, 4) is 22.7 Å². The number of furan rings is 1. The van der Waals surface area contributed by atoms with E-state index in [1.54, 1.807) is 17.2 Å². The first-order valence-electron chi connectivity index (χ1n) is 12.1. The van der Waals surface area contributed by atoms with Crippen LogP contribution in [-0.2, 0) is 11.3 Å². The van der Waals surface area contributed by atoms with Gasteiger partial charge in [0.15, 0.2) is 0 Å². The number of para-hydroxylation sites is 1. The molecule has 0 spiro atoms. The smallest absolute Gasteiger partial charge is 0.266 e. The number of rotatable bonds is 9. The average Bonchev–Trinajstić information content (AvgIpc) is 3.62. The van der Waals surface area contributed by atoms with Gasteiger partial charge in [-0.25, -0.2) is 4.68 Å². The van der Waals surface area contributed by atoms with E-state index in [1.807, 2.05) is 77.6 Å². The number of benzene rings is 2. The van der Waals surface area contributed by atoms with E-state index in [9.17, 15) is 4.79 Å². The van der Waals surface area contributed by atoms with Crippen molar-refractivity contribution in [3.63, 3.8) is 0 Å². The van der Waals surface area contributed by atoms with Gasteiger partial charge in [-0.1, -0.05) is 56.0 Å². The maximum Gasteiger partial charge on any atom is 0.266 e. The van der Waals surface area contributed by atoms with E-state index in [-0.39, 0.29) is 5.91 Å². The molecule has 188 valence electrons. The Morgan fingerprint density at radius 1 is 1.08 bits per heavy atom. The van der Waals surface area contributed by atoms with Crippen LogP contribution in [0.1, 0.15) is 31.6 Å². The van der Waals surface area contributed by atoms with E-state index < -0.39 is 0 Å². The number of nitrogens with zero attached hydrogens (tertiary/aromatic N) is 3. The molecule has 1 aliphatic rings. The van der Waals surface area contributed by atoms with Crippen molar-refractivity contribution in [1.82, 2.24) is 14.7 Å². The predicted octanol–water partition coefficient (Wildman–Crippen LogP) is 6.96. The van der Waals surface area contributed by atoms with E-state index >= 15 is 0 Å². The molecule has 2 aromatic heterocycles. The fourth-order valence-corrected chi connectivity index (χ4v) is 5.13. The molecule has 3 heterocycles. The van der Waals surface area contributed by atoms with Crippen molar-refractivity contribution >= 4 is 40.3 Å². The number of carbonyl (C=O) groups is 1. The Morgan fingerprint density at radius 3 is 2.57 bits per heavy atom. The molecule has 1 fully saturated rings. The van der Waals surface area contributed by atoms with Gasteiger partial charge in [0, 0.05) is 17.3 Å². The second kappa shape index (κ2) is 11.2. The molecule has 4 aromatic rings. The quantitative estimate of drug-likeness (QED) is 0.173. The highest BCUT2D eigenvalue weighted by Gasteiger charge is 2.33. The van der Waals surface area contributed by atoms with Crippen LogP contribution < -0.4 is 4.74 Å². The Balaban J connectivity index is 1.45. The summed E-state index contributed by atoms with van der Waals surface area (Å²) >= 11 is 6.80. The minimum Gasteiger partial charge on any atom is -0.494 e. The van der Waals surface area contributed by atoms with Crippen LogP contribution in [0.15, 0.2) is 88.5 Å². The average molecular weight is 530 g/mol. The van der Waals surface area contributed by atoms with Gasteiger partial charge in [0.25, 0.3) is 5.91 Å². The summed E-state index contributed by atoms with van der Waals surface area (Å²) < 4.78 is 13.6. The number of thioether (sulfide) groups is 1. The summed E-state index contributed by atoms with van der Waals surface area (Å²) in [7, 11) is 0. The molecule has 5 rings (SSSR count). The number of carbonyl (C=O) groups excluding carboxylic acids is 1. The molecule has 2 aromatic carbocycles. The van der Waals surface area contributed by atoms with Crippen LogP contribution in [0.2, 0.25) is 0 Å². The first kappa shape index (κ1) is 25.0. The molecule has 0 saturated carbocycles. The molecule has 1 amide bonds. The Morgan fingerprint density at radius 2 is 1.86 bits per heavy atom. The Hall–Kier alpha value is -3.62. The summed E-state index contributed by atoms with van der Waals surface area (Å²) in [6, 6.07) is 21.5. The van der Waals surface area contributed by atoms with Gasteiger partial charge in [0.05, 0.1) is 35.7 Å². The summed E-state index contributed by atoms with van der Waals surface area (Å²) in [4.78, 5) is 15.3. The van der Waals surface area contributed by atoms with Crippen LogP contribution in [0, 0.1) is 5.92 Å². The molecule has 0 aliphatic carbocycles. The van der Waals surface area contributed by atoms with Crippen molar-refractivity contribution in [1.29, 1.82) is 0 Å². The van der Waals surface area contributed by atoms with Crippen LogP contribution in [0.3, 0.4) is 0 Å². The Labute approximate surface area is 225 Å². The molecular formula is C29H27N3O3S2. The largest absolute Gasteiger partial charge is 0.494 e. The third-order valence-corrected chi connectivity index (χ3v) is 7.29. The highest BCUT2D eigenvalue weighted by atomic mass is 32.2. The lowest BCUT2D eigenvalue weighted by Gasteiger charge is -2.11. The lowest BCUT2D eigenvalue weighted by molar-refractivity contribution is -0.122. The van der Waals surface area contributed by atoms with Gasteiger partial charge >= 0.3 is 0 Å². The normalized spacial score (nSPS) is 14.8. The van der Waals surface area contributed by atoms with E-state index in [2.05, 4.69) is 13.8 Å². The standard InChI is InChI=1S/C29H27N3O3S2/c1-20(2)14-16-35-24-12-10-21(11-13-24)27-22(18-32(30-27)23-7-4-3-5-8-23)17-26-28(33)31(29(36)37-26)19-25-9-6-15-34-25/h3-13,15,17-18,20H,14,16,19H2,1-2H3. The first-order valence-corrected chi connectivity index (χ1v) is 13.4. The molecule has 37 heavy (non-hydrogen) atoms. The molecule has 1 aliphatic heterocycles. The molecule has 6 nitrogen and oxygen atoms in total. The fourth-order valence-electron chi connectivity index (χ4n) is 3.89. The Kier molecular flexibility index (Phi) is 7.58. The lowest BCUT2D eigenvalue weighted by Crippen LogP contribution is -2.27. The zero-order valence-corrected chi connectivity index (χ0v) is 22.3. The van der Waals surface area contributed by atoms with Gasteiger partial charge in [-0.2, -0.15) is 5.10 Å².